The smallest absolute Gasteiger partial charge is 0.191 e. The van der Waals surface area contributed by atoms with Crippen molar-refractivity contribution in [3.8, 4) is 5.75 Å². The zero-order valence-corrected chi connectivity index (χ0v) is 16.4. The van der Waals surface area contributed by atoms with E-state index in [0.29, 0.717) is 25.0 Å². The summed E-state index contributed by atoms with van der Waals surface area (Å²) in [6, 6.07) is 8.69. The molecule has 7 heteroatoms. The van der Waals surface area contributed by atoms with Gasteiger partial charge in [-0.15, -0.1) is 0 Å². The Kier molecular flexibility index (Phi) is 7.31. The fraction of sp³-hybridized carbons (Fsp3) is 0.476. The monoisotopic (exact) mass is 389 g/mol. The van der Waals surface area contributed by atoms with Crippen LogP contribution in [-0.4, -0.2) is 39.4 Å². The van der Waals surface area contributed by atoms with Crippen LogP contribution in [0.25, 0.3) is 0 Å². The Labute approximate surface area is 165 Å². The molecule has 1 aromatic heterocycles. The number of nitrogens with zero attached hydrogens (tertiary/aromatic N) is 1. The number of ether oxygens (including phenoxy) is 2. The lowest BCUT2D eigenvalue weighted by molar-refractivity contribution is 0.187. The highest BCUT2D eigenvalue weighted by Gasteiger charge is 2.16. The van der Waals surface area contributed by atoms with E-state index in [9.17, 15) is 4.39 Å². The summed E-state index contributed by atoms with van der Waals surface area (Å²) < 4.78 is 29.8. The van der Waals surface area contributed by atoms with Crippen LogP contribution in [0.4, 0.5) is 4.39 Å². The lowest BCUT2D eigenvalue weighted by atomic mass is 10.1. The Morgan fingerprint density at radius 3 is 2.96 bits per heavy atom. The van der Waals surface area contributed by atoms with Gasteiger partial charge in [-0.3, -0.25) is 4.99 Å². The second-order valence-corrected chi connectivity index (χ2v) is 6.94. The molecule has 2 aromatic rings. The van der Waals surface area contributed by atoms with E-state index in [1.165, 1.54) is 13.2 Å². The van der Waals surface area contributed by atoms with Crippen LogP contribution in [-0.2, 0) is 11.2 Å². The summed E-state index contributed by atoms with van der Waals surface area (Å²) in [6.07, 6.45) is 3.46. The molecule has 0 amide bonds. The molecule has 152 valence electrons. The van der Waals surface area contributed by atoms with E-state index in [-0.39, 0.29) is 17.6 Å². The minimum Gasteiger partial charge on any atom is -0.494 e. The van der Waals surface area contributed by atoms with Gasteiger partial charge in [0.2, 0.25) is 0 Å². The molecule has 0 bridgehead atoms. The summed E-state index contributed by atoms with van der Waals surface area (Å²) in [5.41, 5.74) is 0.822. The van der Waals surface area contributed by atoms with E-state index in [1.54, 1.807) is 12.3 Å². The second kappa shape index (κ2) is 10.1. The first-order valence-corrected chi connectivity index (χ1v) is 9.64. The van der Waals surface area contributed by atoms with Crippen molar-refractivity contribution >= 4 is 5.96 Å². The molecule has 0 radical (unpaired) electrons. The normalized spacial score (nSPS) is 18.1. The third kappa shape index (κ3) is 5.73. The number of nitrogens with one attached hydrogen (secondary N) is 2. The van der Waals surface area contributed by atoms with Gasteiger partial charge in [0.25, 0.3) is 0 Å². The van der Waals surface area contributed by atoms with Gasteiger partial charge in [0.1, 0.15) is 5.76 Å². The van der Waals surface area contributed by atoms with Crippen molar-refractivity contribution in [3.05, 3.63) is 53.7 Å². The average Bonchev–Trinajstić information content (AvgIpc) is 3.40. The molecule has 2 unspecified atom stereocenters. The average molecular weight is 389 g/mol. The Morgan fingerprint density at radius 1 is 1.39 bits per heavy atom. The molecule has 1 fully saturated rings. The molecule has 2 atom stereocenters. The molecule has 0 aliphatic carbocycles. The van der Waals surface area contributed by atoms with Crippen LogP contribution in [0.1, 0.15) is 30.7 Å². The van der Waals surface area contributed by atoms with Gasteiger partial charge < -0.3 is 24.5 Å². The van der Waals surface area contributed by atoms with Gasteiger partial charge in [0.15, 0.2) is 17.5 Å². The van der Waals surface area contributed by atoms with Gasteiger partial charge >= 0.3 is 0 Å². The first kappa shape index (κ1) is 20.2. The Balaban J connectivity index is 1.62. The summed E-state index contributed by atoms with van der Waals surface area (Å²) in [5, 5.41) is 6.70. The number of hydrogen-bond acceptors (Lipinski definition) is 4. The molecule has 0 spiro atoms. The second-order valence-electron chi connectivity index (χ2n) is 6.94. The molecule has 6 nitrogen and oxygen atoms in total. The van der Waals surface area contributed by atoms with Crippen molar-refractivity contribution in [1.82, 2.24) is 10.6 Å². The lowest BCUT2D eigenvalue weighted by Crippen LogP contribution is -2.40. The van der Waals surface area contributed by atoms with E-state index in [4.69, 9.17) is 18.9 Å². The highest BCUT2D eigenvalue weighted by Crippen LogP contribution is 2.21. The van der Waals surface area contributed by atoms with Crippen LogP contribution in [0.2, 0.25) is 0 Å². The van der Waals surface area contributed by atoms with Gasteiger partial charge in [-0.05, 0) is 43.2 Å². The first-order chi connectivity index (χ1) is 13.7. The number of halogens is 1. The SMILES string of the molecule is COc1ccc(C(C)NC(=NCC2CCOC2)NCCc2ccco2)cc1F. The molecule has 1 aromatic carbocycles. The number of methoxy groups -OCH3 is 1. The van der Waals surface area contributed by atoms with E-state index >= 15 is 0 Å². The van der Waals surface area contributed by atoms with Crippen LogP contribution in [0.3, 0.4) is 0 Å². The van der Waals surface area contributed by atoms with Gasteiger partial charge in [-0.25, -0.2) is 4.39 Å². The molecule has 1 saturated heterocycles. The fourth-order valence-corrected chi connectivity index (χ4v) is 3.10. The molecule has 0 saturated carbocycles. The van der Waals surface area contributed by atoms with Crippen LogP contribution in [0, 0.1) is 11.7 Å². The maximum absolute atomic E-state index is 14.0. The molecular weight excluding hydrogens is 361 g/mol. The predicted molar refractivity (Wildman–Crippen MR) is 106 cm³/mol. The summed E-state index contributed by atoms with van der Waals surface area (Å²) >= 11 is 0. The molecular formula is C21H28FN3O3. The number of hydrogen-bond donors (Lipinski definition) is 2. The molecule has 1 aliphatic rings. The van der Waals surface area contributed by atoms with Gasteiger partial charge in [0.05, 0.1) is 26.0 Å². The molecule has 3 rings (SSSR count). The quantitative estimate of drug-likeness (QED) is 0.536. The minimum absolute atomic E-state index is 0.116. The maximum Gasteiger partial charge on any atom is 0.191 e. The third-order valence-corrected chi connectivity index (χ3v) is 4.80. The van der Waals surface area contributed by atoms with Crippen molar-refractivity contribution in [1.29, 1.82) is 0 Å². The van der Waals surface area contributed by atoms with Gasteiger partial charge in [-0.1, -0.05) is 6.07 Å². The molecule has 1 aliphatic heterocycles. The van der Waals surface area contributed by atoms with Crippen LogP contribution in [0.15, 0.2) is 46.0 Å². The van der Waals surface area contributed by atoms with E-state index in [1.807, 2.05) is 25.1 Å². The van der Waals surface area contributed by atoms with Crippen molar-refractivity contribution in [2.45, 2.75) is 25.8 Å². The van der Waals surface area contributed by atoms with Gasteiger partial charge in [0, 0.05) is 32.0 Å². The lowest BCUT2D eigenvalue weighted by Gasteiger charge is -2.19. The van der Waals surface area contributed by atoms with Crippen molar-refractivity contribution in [2.75, 3.05) is 33.4 Å². The molecule has 28 heavy (non-hydrogen) atoms. The van der Waals surface area contributed by atoms with E-state index in [0.717, 1.165) is 37.4 Å². The zero-order chi connectivity index (χ0) is 19.8. The number of rotatable bonds is 8. The fourth-order valence-electron chi connectivity index (χ4n) is 3.10. The molecule has 2 N–H and O–H groups in total. The zero-order valence-electron chi connectivity index (χ0n) is 16.4. The van der Waals surface area contributed by atoms with Crippen LogP contribution in [0.5, 0.6) is 5.75 Å². The van der Waals surface area contributed by atoms with Crippen LogP contribution >= 0.6 is 0 Å². The first-order valence-electron chi connectivity index (χ1n) is 9.64. The standard InChI is InChI=1S/C21H28FN3O3/c1-15(17-5-6-20(26-2)19(22)12-17)25-21(24-13-16-8-11-27-14-16)23-9-7-18-4-3-10-28-18/h3-6,10,12,15-16H,7-9,11,13-14H2,1-2H3,(H2,23,24,25). The summed E-state index contributed by atoms with van der Waals surface area (Å²) in [7, 11) is 1.46. The summed E-state index contributed by atoms with van der Waals surface area (Å²) in [4.78, 5) is 4.71. The number of benzene rings is 1. The van der Waals surface area contributed by atoms with E-state index in [2.05, 4.69) is 10.6 Å². The minimum atomic E-state index is -0.374. The largest absolute Gasteiger partial charge is 0.494 e. The Hall–Kier alpha value is -2.54. The highest BCUT2D eigenvalue weighted by atomic mass is 19.1. The third-order valence-electron chi connectivity index (χ3n) is 4.80. The molecule has 2 heterocycles. The predicted octanol–water partition coefficient (Wildman–Crippen LogP) is 3.30. The maximum atomic E-state index is 14.0. The number of furan rings is 1. The van der Waals surface area contributed by atoms with E-state index < -0.39 is 0 Å². The number of aliphatic imine (C=N–C) groups is 1. The van der Waals surface area contributed by atoms with Gasteiger partial charge in [-0.2, -0.15) is 0 Å². The summed E-state index contributed by atoms with van der Waals surface area (Å²) in [5.74, 6) is 1.92. The topological polar surface area (TPSA) is 68.0 Å². The number of guanidine groups is 1. The Morgan fingerprint density at radius 2 is 2.29 bits per heavy atom. The highest BCUT2D eigenvalue weighted by molar-refractivity contribution is 5.80. The van der Waals surface area contributed by atoms with Crippen LogP contribution < -0.4 is 15.4 Å². The summed E-state index contributed by atoms with van der Waals surface area (Å²) in [6.45, 7) is 4.91. The Bertz CT molecular complexity index is 758. The van der Waals surface area contributed by atoms with Crippen molar-refractivity contribution in [2.24, 2.45) is 10.9 Å². The van der Waals surface area contributed by atoms with Crippen molar-refractivity contribution in [3.63, 3.8) is 0 Å². The van der Waals surface area contributed by atoms with Crippen molar-refractivity contribution < 1.29 is 18.3 Å².